The molecule has 5 heteroatoms. The van der Waals surface area contributed by atoms with E-state index in [1.807, 2.05) is 6.92 Å². The van der Waals surface area contributed by atoms with Gasteiger partial charge in [0, 0.05) is 18.7 Å². The molecule has 1 fully saturated rings. The van der Waals surface area contributed by atoms with Crippen molar-refractivity contribution in [2.75, 3.05) is 13.6 Å². The van der Waals surface area contributed by atoms with Crippen molar-refractivity contribution in [2.24, 2.45) is 0 Å². The quantitative estimate of drug-likeness (QED) is 0.859. The van der Waals surface area contributed by atoms with Crippen molar-refractivity contribution < 1.29 is 4.79 Å². The van der Waals surface area contributed by atoms with E-state index in [2.05, 4.69) is 27.2 Å². The van der Waals surface area contributed by atoms with Crippen LogP contribution in [0.1, 0.15) is 30.7 Å². The molecule has 1 aromatic heterocycles. The number of carbonyl (C=O) groups is 1. The maximum atomic E-state index is 11.8. The molecule has 0 radical (unpaired) electrons. The molecule has 1 atom stereocenters. The molecule has 1 amide bonds. The maximum Gasteiger partial charge on any atom is 0.221 e. The number of carbonyl (C=O) groups excluding carboxylic acids is 1. The van der Waals surface area contributed by atoms with Gasteiger partial charge in [-0.25, -0.2) is 0 Å². The van der Waals surface area contributed by atoms with E-state index in [4.69, 9.17) is 0 Å². The minimum Gasteiger partial charge on any atom is -0.350 e. The van der Waals surface area contributed by atoms with Gasteiger partial charge in [-0.15, -0.1) is 0 Å². The van der Waals surface area contributed by atoms with Crippen LogP contribution >= 0.6 is 0 Å². The lowest BCUT2D eigenvalue weighted by Gasteiger charge is -2.18. The van der Waals surface area contributed by atoms with Gasteiger partial charge in [-0.2, -0.15) is 0 Å². The summed E-state index contributed by atoms with van der Waals surface area (Å²) in [6.45, 7) is 3.45. The van der Waals surface area contributed by atoms with Crippen LogP contribution in [0.4, 0.5) is 0 Å². The molecular weight excluding hydrogens is 228 g/mol. The number of likely N-dealkylation sites (tertiary alicyclic amines) is 1. The molecule has 0 spiro atoms. The Morgan fingerprint density at radius 3 is 2.94 bits per heavy atom. The summed E-state index contributed by atoms with van der Waals surface area (Å²) in [4.78, 5) is 22.4. The van der Waals surface area contributed by atoms with Crippen molar-refractivity contribution in [2.45, 2.75) is 38.8 Å². The minimum atomic E-state index is 0.0936. The van der Waals surface area contributed by atoms with Gasteiger partial charge < -0.3 is 10.2 Å². The van der Waals surface area contributed by atoms with Crippen LogP contribution < -0.4 is 5.32 Å². The highest BCUT2D eigenvalue weighted by molar-refractivity contribution is 5.76. The molecule has 1 N–H and O–H groups in total. The van der Waals surface area contributed by atoms with E-state index in [-0.39, 0.29) is 5.91 Å². The van der Waals surface area contributed by atoms with Crippen molar-refractivity contribution in [1.82, 2.24) is 20.2 Å². The molecule has 18 heavy (non-hydrogen) atoms. The van der Waals surface area contributed by atoms with Gasteiger partial charge in [-0.3, -0.25) is 14.8 Å². The molecule has 2 heterocycles. The number of rotatable bonds is 4. The van der Waals surface area contributed by atoms with Crippen LogP contribution in [0.3, 0.4) is 0 Å². The van der Waals surface area contributed by atoms with Crippen molar-refractivity contribution in [3.05, 3.63) is 23.8 Å². The fourth-order valence-corrected chi connectivity index (χ4v) is 2.22. The Kier molecular flexibility index (Phi) is 4.25. The van der Waals surface area contributed by atoms with Crippen molar-refractivity contribution in [1.29, 1.82) is 0 Å². The van der Waals surface area contributed by atoms with E-state index in [1.165, 1.54) is 6.42 Å². The summed E-state index contributed by atoms with van der Waals surface area (Å²) < 4.78 is 0. The molecule has 1 aliphatic rings. The largest absolute Gasteiger partial charge is 0.350 e. The predicted octanol–water partition coefficient (Wildman–Crippen LogP) is 0.886. The number of hydrogen-bond donors (Lipinski definition) is 1. The predicted molar refractivity (Wildman–Crippen MR) is 68.9 cm³/mol. The molecule has 0 aliphatic carbocycles. The van der Waals surface area contributed by atoms with Crippen LogP contribution in [-0.4, -0.2) is 40.4 Å². The van der Waals surface area contributed by atoms with Gasteiger partial charge in [-0.1, -0.05) is 0 Å². The van der Waals surface area contributed by atoms with E-state index in [1.54, 1.807) is 12.4 Å². The molecular formula is C13H20N4O. The average molecular weight is 248 g/mol. The van der Waals surface area contributed by atoms with Crippen molar-refractivity contribution in [3.8, 4) is 0 Å². The molecule has 2 rings (SSSR count). The van der Waals surface area contributed by atoms with E-state index in [0.717, 1.165) is 24.4 Å². The standard InChI is InChI=1S/C13H20N4O/c1-10-7-15-11(8-14-10)9-16-13(18)6-12-4-3-5-17(12)2/h7-8,12H,3-6,9H2,1-2H3,(H,16,18)/t12-/m0/s1. The number of amides is 1. The Morgan fingerprint density at radius 2 is 2.33 bits per heavy atom. The fraction of sp³-hybridized carbons (Fsp3) is 0.615. The molecule has 0 bridgehead atoms. The first kappa shape index (κ1) is 13.0. The Balaban J connectivity index is 1.76. The highest BCUT2D eigenvalue weighted by atomic mass is 16.1. The van der Waals surface area contributed by atoms with Gasteiger partial charge in [0.25, 0.3) is 0 Å². The summed E-state index contributed by atoms with van der Waals surface area (Å²) in [6, 6.07) is 0.397. The lowest BCUT2D eigenvalue weighted by Crippen LogP contribution is -2.33. The first-order valence-electron chi connectivity index (χ1n) is 6.39. The zero-order valence-electron chi connectivity index (χ0n) is 11.0. The Morgan fingerprint density at radius 1 is 1.50 bits per heavy atom. The number of hydrogen-bond acceptors (Lipinski definition) is 4. The third kappa shape index (κ3) is 3.50. The minimum absolute atomic E-state index is 0.0936. The maximum absolute atomic E-state index is 11.8. The van der Waals surface area contributed by atoms with Crippen LogP contribution in [0.15, 0.2) is 12.4 Å². The second kappa shape index (κ2) is 5.91. The first-order valence-corrected chi connectivity index (χ1v) is 6.39. The molecule has 98 valence electrons. The summed E-state index contributed by atoms with van der Waals surface area (Å²) in [7, 11) is 2.08. The molecule has 0 saturated carbocycles. The van der Waals surface area contributed by atoms with Crippen LogP contribution in [-0.2, 0) is 11.3 Å². The van der Waals surface area contributed by atoms with Gasteiger partial charge in [0.1, 0.15) is 0 Å². The second-order valence-corrected chi connectivity index (χ2v) is 4.91. The van der Waals surface area contributed by atoms with E-state index < -0.39 is 0 Å². The van der Waals surface area contributed by atoms with Gasteiger partial charge in [0.2, 0.25) is 5.91 Å². The summed E-state index contributed by atoms with van der Waals surface area (Å²) >= 11 is 0. The third-order valence-corrected chi connectivity index (χ3v) is 3.39. The van der Waals surface area contributed by atoms with E-state index in [9.17, 15) is 4.79 Å². The normalized spacial score (nSPS) is 20.0. The number of nitrogens with one attached hydrogen (secondary N) is 1. The summed E-state index contributed by atoms with van der Waals surface area (Å²) in [6.07, 6.45) is 6.31. The highest BCUT2D eigenvalue weighted by Gasteiger charge is 2.23. The van der Waals surface area contributed by atoms with Crippen LogP contribution in [0.25, 0.3) is 0 Å². The zero-order valence-corrected chi connectivity index (χ0v) is 11.0. The molecule has 1 aromatic rings. The lowest BCUT2D eigenvalue weighted by molar-refractivity contribution is -0.122. The number of nitrogens with zero attached hydrogens (tertiary/aromatic N) is 3. The number of aryl methyl sites for hydroxylation is 1. The highest BCUT2D eigenvalue weighted by Crippen LogP contribution is 2.17. The Bertz CT molecular complexity index is 404. The molecule has 1 aliphatic heterocycles. The fourth-order valence-electron chi connectivity index (χ4n) is 2.22. The molecule has 0 aromatic carbocycles. The van der Waals surface area contributed by atoms with E-state index in [0.29, 0.717) is 19.0 Å². The molecule has 1 saturated heterocycles. The topological polar surface area (TPSA) is 58.1 Å². The zero-order chi connectivity index (χ0) is 13.0. The van der Waals surface area contributed by atoms with Gasteiger partial charge in [0.15, 0.2) is 0 Å². The van der Waals surface area contributed by atoms with Crippen molar-refractivity contribution in [3.63, 3.8) is 0 Å². The molecule has 5 nitrogen and oxygen atoms in total. The van der Waals surface area contributed by atoms with Gasteiger partial charge >= 0.3 is 0 Å². The van der Waals surface area contributed by atoms with Crippen LogP contribution in [0.2, 0.25) is 0 Å². The monoisotopic (exact) mass is 248 g/mol. The summed E-state index contributed by atoms with van der Waals surface area (Å²) in [5.41, 5.74) is 1.69. The smallest absolute Gasteiger partial charge is 0.221 e. The Labute approximate surface area is 108 Å². The Hall–Kier alpha value is -1.49. The lowest BCUT2D eigenvalue weighted by atomic mass is 10.1. The van der Waals surface area contributed by atoms with Crippen LogP contribution in [0, 0.1) is 6.92 Å². The third-order valence-electron chi connectivity index (χ3n) is 3.39. The summed E-state index contributed by atoms with van der Waals surface area (Å²) in [5, 5.41) is 2.90. The molecule has 0 unspecified atom stereocenters. The van der Waals surface area contributed by atoms with E-state index >= 15 is 0 Å². The van der Waals surface area contributed by atoms with Crippen molar-refractivity contribution >= 4 is 5.91 Å². The van der Waals surface area contributed by atoms with Gasteiger partial charge in [-0.05, 0) is 33.4 Å². The SMILES string of the molecule is Cc1cnc(CNC(=O)C[C@@H]2CCCN2C)cn1. The average Bonchev–Trinajstić information content (AvgIpc) is 2.74. The second-order valence-electron chi connectivity index (χ2n) is 4.91. The van der Waals surface area contributed by atoms with Crippen LogP contribution in [0.5, 0.6) is 0 Å². The first-order chi connectivity index (χ1) is 8.65. The number of aromatic nitrogens is 2. The summed E-state index contributed by atoms with van der Waals surface area (Å²) in [5.74, 6) is 0.0936. The van der Waals surface area contributed by atoms with Gasteiger partial charge in [0.05, 0.1) is 24.1 Å².